The van der Waals surface area contributed by atoms with E-state index < -0.39 is 5.97 Å². The molecule has 0 aliphatic rings. The van der Waals surface area contributed by atoms with E-state index in [1.54, 1.807) is 6.07 Å². The number of benzene rings is 1. The van der Waals surface area contributed by atoms with Crippen LogP contribution in [0.4, 0.5) is 11.4 Å². The predicted molar refractivity (Wildman–Crippen MR) is 64.5 cm³/mol. The van der Waals surface area contributed by atoms with Crippen molar-refractivity contribution in [2.24, 2.45) is 5.73 Å². The molecule has 0 atom stereocenters. The van der Waals surface area contributed by atoms with Gasteiger partial charge in [-0.05, 0) is 18.2 Å². The number of esters is 1. The normalized spacial score (nSPS) is 9.76. The first-order chi connectivity index (χ1) is 8.08. The number of amides is 1. The molecule has 0 unspecified atom stereocenters. The van der Waals surface area contributed by atoms with E-state index in [9.17, 15) is 9.59 Å². The summed E-state index contributed by atoms with van der Waals surface area (Å²) in [6, 6.07) is 4.53. The number of hydrogen-bond acceptors (Lipinski definition) is 5. The first-order valence-corrected chi connectivity index (χ1v) is 5.06. The van der Waals surface area contributed by atoms with Crippen LogP contribution in [0.1, 0.15) is 16.8 Å². The Hall–Kier alpha value is -2.08. The summed E-state index contributed by atoms with van der Waals surface area (Å²) in [6.07, 6.45) is 0.220. The molecule has 6 heteroatoms. The molecule has 0 spiro atoms. The van der Waals surface area contributed by atoms with Gasteiger partial charge in [-0.2, -0.15) is 0 Å². The number of rotatable bonds is 4. The third-order valence-corrected chi connectivity index (χ3v) is 2.12. The largest absolute Gasteiger partial charge is 0.465 e. The maximum atomic E-state index is 11.3. The number of ether oxygens (including phenoxy) is 1. The van der Waals surface area contributed by atoms with E-state index in [0.717, 1.165) is 0 Å². The summed E-state index contributed by atoms with van der Waals surface area (Å²) >= 11 is 0. The van der Waals surface area contributed by atoms with Gasteiger partial charge in [0.1, 0.15) is 0 Å². The Morgan fingerprint density at radius 1 is 1.41 bits per heavy atom. The molecule has 1 rings (SSSR count). The van der Waals surface area contributed by atoms with E-state index in [1.807, 2.05) is 0 Å². The fourth-order valence-corrected chi connectivity index (χ4v) is 1.27. The Morgan fingerprint density at radius 3 is 2.65 bits per heavy atom. The van der Waals surface area contributed by atoms with Gasteiger partial charge >= 0.3 is 5.97 Å². The van der Waals surface area contributed by atoms with Gasteiger partial charge in [0.25, 0.3) is 0 Å². The zero-order valence-corrected chi connectivity index (χ0v) is 9.53. The van der Waals surface area contributed by atoms with Gasteiger partial charge < -0.3 is 21.5 Å². The molecule has 0 radical (unpaired) electrons. The van der Waals surface area contributed by atoms with Gasteiger partial charge in [0.05, 0.1) is 24.0 Å². The predicted octanol–water partition coefficient (Wildman–Crippen LogP) is 0.343. The SMILES string of the molecule is COC(=O)c1ccc(NC(=O)CCN)c(N)c1. The minimum atomic E-state index is -0.475. The van der Waals surface area contributed by atoms with Gasteiger partial charge in [-0.3, -0.25) is 4.79 Å². The van der Waals surface area contributed by atoms with Crippen molar-refractivity contribution in [2.75, 3.05) is 24.7 Å². The molecule has 0 aromatic heterocycles. The van der Waals surface area contributed by atoms with E-state index in [2.05, 4.69) is 10.1 Å². The Labute approximate surface area is 98.9 Å². The summed E-state index contributed by atoms with van der Waals surface area (Å²) in [5.74, 6) is -0.693. The monoisotopic (exact) mass is 237 g/mol. The number of carbonyl (C=O) groups is 2. The van der Waals surface area contributed by atoms with Crippen molar-refractivity contribution in [1.29, 1.82) is 0 Å². The molecule has 1 aromatic rings. The van der Waals surface area contributed by atoms with Gasteiger partial charge in [-0.1, -0.05) is 0 Å². The molecular weight excluding hydrogens is 222 g/mol. The Kier molecular flexibility index (Phi) is 4.47. The van der Waals surface area contributed by atoms with Crippen molar-refractivity contribution in [3.63, 3.8) is 0 Å². The van der Waals surface area contributed by atoms with E-state index in [-0.39, 0.29) is 18.9 Å². The lowest BCUT2D eigenvalue weighted by atomic mass is 10.1. The highest BCUT2D eigenvalue weighted by molar-refractivity contribution is 5.96. The fourth-order valence-electron chi connectivity index (χ4n) is 1.27. The molecule has 0 bridgehead atoms. The highest BCUT2D eigenvalue weighted by Crippen LogP contribution is 2.20. The zero-order chi connectivity index (χ0) is 12.8. The summed E-state index contributed by atoms with van der Waals surface area (Å²) < 4.78 is 4.55. The maximum Gasteiger partial charge on any atom is 0.337 e. The molecule has 5 N–H and O–H groups in total. The van der Waals surface area contributed by atoms with Crippen molar-refractivity contribution < 1.29 is 14.3 Å². The van der Waals surface area contributed by atoms with Crippen LogP contribution in [0.3, 0.4) is 0 Å². The van der Waals surface area contributed by atoms with E-state index >= 15 is 0 Å². The second-order valence-corrected chi connectivity index (χ2v) is 3.38. The van der Waals surface area contributed by atoms with E-state index in [4.69, 9.17) is 11.5 Å². The molecule has 0 aliphatic carbocycles. The zero-order valence-electron chi connectivity index (χ0n) is 9.53. The molecule has 1 amide bonds. The standard InChI is InChI=1S/C11H15N3O3/c1-17-11(16)7-2-3-9(8(13)6-7)14-10(15)4-5-12/h2-3,6H,4-5,12-13H2,1H3,(H,14,15). The first kappa shape index (κ1) is 13.0. The average Bonchev–Trinajstić information content (AvgIpc) is 2.31. The van der Waals surface area contributed by atoms with Crippen LogP contribution in [0.15, 0.2) is 18.2 Å². The van der Waals surface area contributed by atoms with Crippen LogP contribution < -0.4 is 16.8 Å². The molecule has 92 valence electrons. The minimum absolute atomic E-state index is 0.218. The van der Waals surface area contributed by atoms with Gasteiger partial charge in [0.2, 0.25) is 5.91 Å². The number of anilines is 2. The highest BCUT2D eigenvalue weighted by atomic mass is 16.5. The molecule has 17 heavy (non-hydrogen) atoms. The number of nitrogen functional groups attached to an aromatic ring is 1. The quantitative estimate of drug-likeness (QED) is 0.517. The molecule has 0 fully saturated rings. The van der Waals surface area contributed by atoms with Crippen molar-refractivity contribution in [2.45, 2.75) is 6.42 Å². The van der Waals surface area contributed by atoms with Crippen LogP contribution in [0, 0.1) is 0 Å². The van der Waals surface area contributed by atoms with Crippen LogP contribution in [0.5, 0.6) is 0 Å². The molecule has 6 nitrogen and oxygen atoms in total. The topological polar surface area (TPSA) is 107 Å². The number of hydrogen-bond donors (Lipinski definition) is 3. The third kappa shape index (κ3) is 3.46. The molecule has 0 aliphatic heterocycles. The second kappa shape index (κ2) is 5.86. The van der Waals surface area contributed by atoms with Crippen LogP contribution in [-0.4, -0.2) is 25.5 Å². The van der Waals surface area contributed by atoms with Crippen molar-refractivity contribution in [1.82, 2.24) is 0 Å². The Morgan fingerprint density at radius 2 is 2.12 bits per heavy atom. The minimum Gasteiger partial charge on any atom is -0.465 e. The summed E-state index contributed by atoms with van der Waals surface area (Å²) in [6.45, 7) is 0.270. The first-order valence-electron chi connectivity index (χ1n) is 5.06. The second-order valence-electron chi connectivity index (χ2n) is 3.38. The summed E-state index contributed by atoms with van der Waals surface area (Å²) in [5, 5.41) is 2.60. The van der Waals surface area contributed by atoms with Crippen LogP contribution in [0.2, 0.25) is 0 Å². The van der Waals surface area contributed by atoms with Crippen molar-refractivity contribution in [3.8, 4) is 0 Å². The number of nitrogens with two attached hydrogens (primary N) is 2. The summed E-state index contributed by atoms with van der Waals surface area (Å²) in [5.41, 5.74) is 12.0. The smallest absolute Gasteiger partial charge is 0.337 e. The lowest BCUT2D eigenvalue weighted by molar-refractivity contribution is -0.116. The maximum absolute atomic E-state index is 11.3. The molecule has 1 aromatic carbocycles. The summed E-state index contributed by atoms with van der Waals surface area (Å²) in [7, 11) is 1.29. The van der Waals surface area contributed by atoms with Crippen molar-refractivity contribution >= 4 is 23.3 Å². The van der Waals surface area contributed by atoms with Gasteiger partial charge in [0.15, 0.2) is 0 Å². The molecule has 0 heterocycles. The average molecular weight is 237 g/mol. The third-order valence-electron chi connectivity index (χ3n) is 2.12. The van der Waals surface area contributed by atoms with Crippen LogP contribution >= 0.6 is 0 Å². The van der Waals surface area contributed by atoms with Crippen molar-refractivity contribution in [3.05, 3.63) is 23.8 Å². The molecular formula is C11H15N3O3. The van der Waals surface area contributed by atoms with E-state index in [0.29, 0.717) is 16.9 Å². The summed E-state index contributed by atoms with van der Waals surface area (Å²) in [4.78, 5) is 22.5. The van der Waals surface area contributed by atoms with Crippen LogP contribution in [-0.2, 0) is 9.53 Å². The lowest BCUT2D eigenvalue weighted by Gasteiger charge is -2.08. The van der Waals surface area contributed by atoms with Gasteiger partial charge in [-0.15, -0.1) is 0 Å². The van der Waals surface area contributed by atoms with Crippen LogP contribution in [0.25, 0.3) is 0 Å². The van der Waals surface area contributed by atoms with Gasteiger partial charge in [-0.25, -0.2) is 4.79 Å². The van der Waals surface area contributed by atoms with Gasteiger partial charge in [0, 0.05) is 13.0 Å². The molecule has 0 saturated carbocycles. The lowest BCUT2D eigenvalue weighted by Crippen LogP contribution is -2.17. The molecule has 0 saturated heterocycles. The number of carbonyl (C=O) groups excluding carboxylic acids is 2. The highest BCUT2D eigenvalue weighted by Gasteiger charge is 2.09. The Balaban J connectivity index is 2.83. The Bertz CT molecular complexity index is 432. The fraction of sp³-hybridized carbons (Fsp3) is 0.273. The number of methoxy groups -OCH3 is 1. The van der Waals surface area contributed by atoms with E-state index in [1.165, 1.54) is 19.2 Å². The number of nitrogens with one attached hydrogen (secondary N) is 1.